The second-order valence-electron chi connectivity index (χ2n) is 8.02. The van der Waals surface area contributed by atoms with E-state index in [1.54, 1.807) is 35.2 Å². The second kappa shape index (κ2) is 8.75. The van der Waals surface area contributed by atoms with Crippen molar-refractivity contribution in [1.82, 2.24) is 4.90 Å². The molecule has 1 aliphatic heterocycles. The van der Waals surface area contributed by atoms with Gasteiger partial charge in [-0.1, -0.05) is 61.0 Å². The number of carbonyl (C=O) groups is 1. The van der Waals surface area contributed by atoms with E-state index in [2.05, 4.69) is 0 Å². The highest BCUT2D eigenvalue weighted by atomic mass is 35.5. The number of rotatable bonds is 6. The third-order valence-corrected chi connectivity index (χ3v) is 6.19. The van der Waals surface area contributed by atoms with Crippen molar-refractivity contribution in [3.05, 3.63) is 110 Å². The lowest BCUT2D eigenvalue weighted by Gasteiger charge is -2.26. The molecule has 2 heterocycles. The molecule has 1 amide bonds. The lowest BCUT2D eigenvalue weighted by atomic mass is 9.98. The third kappa shape index (κ3) is 3.79. The molecule has 33 heavy (non-hydrogen) atoms. The number of ether oxygens (including phenoxy) is 1. The normalized spacial score (nSPS) is 15.2. The van der Waals surface area contributed by atoms with E-state index in [0.717, 1.165) is 17.5 Å². The van der Waals surface area contributed by atoms with Gasteiger partial charge in [0.25, 0.3) is 5.91 Å². The number of amides is 1. The molecule has 0 N–H and O–H groups in total. The lowest BCUT2D eigenvalue weighted by molar-refractivity contribution is 0.0714. The Balaban J connectivity index is 1.69. The van der Waals surface area contributed by atoms with Gasteiger partial charge in [-0.05, 0) is 47.9 Å². The zero-order valence-electron chi connectivity index (χ0n) is 18.1. The summed E-state index contributed by atoms with van der Waals surface area (Å²) >= 11 is 6.41. The van der Waals surface area contributed by atoms with Gasteiger partial charge in [0.15, 0.2) is 5.43 Å². The van der Waals surface area contributed by atoms with Crippen LogP contribution in [0, 0.1) is 0 Å². The first-order valence-electron chi connectivity index (χ1n) is 10.9. The molecule has 1 aliphatic rings. The number of benzene rings is 3. The predicted octanol–water partition coefficient (Wildman–Crippen LogP) is 5.98. The fourth-order valence-electron chi connectivity index (χ4n) is 4.28. The van der Waals surface area contributed by atoms with E-state index in [4.69, 9.17) is 20.8 Å². The summed E-state index contributed by atoms with van der Waals surface area (Å²) in [6.45, 7) is 2.86. The van der Waals surface area contributed by atoms with Gasteiger partial charge in [0.05, 0.1) is 23.6 Å². The van der Waals surface area contributed by atoms with Crippen molar-refractivity contribution < 1.29 is 13.9 Å². The average Bonchev–Trinajstić information content (AvgIpc) is 3.11. The van der Waals surface area contributed by atoms with Gasteiger partial charge < -0.3 is 14.1 Å². The number of halogens is 1. The Morgan fingerprint density at radius 1 is 1.00 bits per heavy atom. The average molecular weight is 460 g/mol. The summed E-state index contributed by atoms with van der Waals surface area (Å²) in [5, 5.41) is 1.01. The van der Waals surface area contributed by atoms with Gasteiger partial charge in [-0.25, -0.2) is 0 Å². The van der Waals surface area contributed by atoms with E-state index >= 15 is 0 Å². The maximum Gasteiger partial charge on any atom is 0.291 e. The summed E-state index contributed by atoms with van der Waals surface area (Å²) in [7, 11) is 0. The highest BCUT2D eigenvalue weighted by Crippen LogP contribution is 2.40. The smallest absolute Gasteiger partial charge is 0.291 e. The van der Waals surface area contributed by atoms with E-state index in [-0.39, 0.29) is 23.6 Å². The molecule has 0 aliphatic carbocycles. The van der Waals surface area contributed by atoms with Crippen LogP contribution in [0.25, 0.3) is 11.0 Å². The van der Waals surface area contributed by atoms with E-state index in [1.807, 2.05) is 49.4 Å². The van der Waals surface area contributed by atoms with Crippen LogP contribution in [-0.4, -0.2) is 17.4 Å². The van der Waals surface area contributed by atoms with E-state index in [0.29, 0.717) is 33.9 Å². The number of para-hydroxylation sites is 1. The second-order valence-corrected chi connectivity index (χ2v) is 8.43. The molecule has 0 saturated heterocycles. The van der Waals surface area contributed by atoms with Crippen molar-refractivity contribution in [3.63, 3.8) is 0 Å². The summed E-state index contributed by atoms with van der Waals surface area (Å²) in [6.07, 6.45) is 0.878. The summed E-state index contributed by atoms with van der Waals surface area (Å²) in [4.78, 5) is 28.8. The minimum absolute atomic E-state index is 0.0793. The molecular formula is C27H22ClNO4. The van der Waals surface area contributed by atoms with Crippen LogP contribution in [0.2, 0.25) is 5.02 Å². The molecule has 4 aromatic rings. The van der Waals surface area contributed by atoms with Crippen LogP contribution in [0.4, 0.5) is 0 Å². The van der Waals surface area contributed by atoms with E-state index in [1.165, 1.54) is 0 Å². The molecule has 0 radical (unpaired) electrons. The minimum atomic E-state index is -0.616. The molecule has 5 nitrogen and oxygen atoms in total. The molecule has 6 heteroatoms. The largest absolute Gasteiger partial charge is 0.494 e. The molecule has 166 valence electrons. The summed E-state index contributed by atoms with van der Waals surface area (Å²) in [6, 6.07) is 21.3. The Morgan fingerprint density at radius 2 is 1.79 bits per heavy atom. The van der Waals surface area contributed by atoms with Crippen LogP contribution in [0.5, 0.6) is 5.75 Å². The van der Waals surface area contributed by atoms with E-state index < -0.39 is 6.04 Å². The molecule has 3 aromatic carbocycles. The maximum absolute atomic E-state index is 13.6. The van der Waals surface area contributed by atoms with Crippen molar-refractivity contribution in [2.24, 2.45) is 0 Å². The number of carbonyl (C=O) groups excluding carboxylic acids is 1. The van der Waals surface area contributed by atoms with Crippen molar-refractivity contribution in [3.8, 4) is 5.75 Å². The Morgan fingerprint density at radius 3 is 2.61 bits per heavy atom. The van der Waals surface area contributed by atoms with E-state index in [9.17, 15) is 9.59 Å². The molecule has 0 spiro atoms. The highest BCUT2D eigenvalue weighted by molar-refractivity contribution is 6.31. The Labute approximate surface area is 196 Å². The molecular weight excluding hydrogens is 438 g/mol. The zero-order valence-corrected chi connectivity index (χ0v) is 18.8. The molecule has 5 rings (SSSR count). The maximum atomic E-state index is 13.6. The fourth-order valence-corrected chi connectivity index (χ4v) is 4.48. The van der Waals surface area contributed by atoms with Crippen LogP contribution in [0.3, 0.4) is 0 Å². The van der Waals surface area contributed by atoms with Crippen molar-refractivity contribution in [1.29, 1.82) is 0 Å². The lowest BCUT2D eigenvalue weighted by Crippen LogP contribution is -2.29. The van der Waals surface area contributed by atoms with Crippen LogP contribution in [0.1, 0.15) is 46.6 Å². The Hall–Kier alpha value is -3.57. The third-order valence-electron chi connectivity index (χ3n) is 5.82. The number of nitrogens with zero attached hydrogens (tertiary/aromatic N) is 1. The van der Waals surface area contributed by atoms with Crippen LogP contribution >= 0.6 is 11.6 Å². The van der Waals surface area contributed by atoms with Gasteiger partial charge in [-0.15, -0.1) is 0 Å². The monoisotopic (exact) mass is 459 g/mol. The molecule has 0 bridgehead atoms. The number of fused-ring (bicyclic) bond motifs is 2. The SMILES string of the molecule is CCCOc1cccc([C@H]2c3c(oc4ccccc4c3=O)C(=O)N2Cc2ccccc2Cl)c1. The van der Waals surface area contributed by atoms with Crippen molar-refractivity contribution in [2.75, 3.05) is 6.61 Å². The topological polar surface area (TPSA) is 59.8 Å². The summed E-state index contributed by atoms with van der Waals surface area (Å²) in [5.74, 6) is 0.436. The summed E-state index contributed by atoms with van der Waals surface area (Å²) in [5.41, 5.74) is 2.11. The van der Waals surface area contributed by atoms with Gasteiger partial charge in [-0.2, -0.15) is 0 Å². The Kier molecular flexibility index (Phi) is 5.65. The molecule has 1 aromatic heterocycles. The molecule has 0 unspecified atom stereocenters. The first kappa shape index (κ1) is 21.3. The molecule has 0 fully saturated rings. The van der Waals surface area contributed by atoms with Crippen molar-refractivity contribution >= 4 is 28.5 Å². The number of hydrogen-bond donors (Lipinski definition) is 0. The first-order chi connectivity index (χ1) is 16.1. The Bertz CT molecular complexity index is 1410. The quantitative estimate of drug-likeness (QED) is 0.356. The highest BCUT2D eigenvalue weighted by Gasteiger charge is 2.43. The molecule has 1 atom stereocenters. The van der Waals surface area contributed by atoms with Crippen LogP contribution in [0.15, 0.2) is 82.0 Å². The first-order valence-corrected chi connectivity index (χ1v) is 11.3. The van der Waals surface area contributed by atoms with Gasteiger partial charge in [0.2, 0.25) is 5.76 Å². The van der Waals surface area contributed by atoms with Crippen molar-refractivity contribution in [2.45, 2.75) is 25.9 Å². The zero-order chi connectivity index (χ0) is 22.9. The van der Waals surface area contributed by atoms with Gasteiger partial charge in [0.1, 0.15) is 11.3 Å². The summed E-state index contributed by atoms with van der Waals surface area (Å²) < 4.78 is 11.8. The van der Waals surface area contributed by atoms with Crippen LogP contribution < -0.4 is 10.2 Å². The van der Waals surface area contributed by atoms with Gasteiger partial charge >= 0.3 is 0 Å². The van der Waals surface area contributed by atoms with Gasteiger partial charge in [0, 0.05) is 11.6 Å². The fraction of sp³-hybridized carbons (Fsp3) is 0.185. The molecule has 0 saturated carbocycles. The van der Waals surface area contributed by atoms with Gasteiger partial charge in [-0.3, -0.25) is 9.59 Å². The minimum Gasteiger partial charge on any atom is -0.494 e. The van der Waals surface area contributed by atoms with Crippen LogP contribution in [-0.2, 0) is 6.54 Å². The standard InChI is InChI=1S/C27H22ClNO4/c1-2-14-32-19-10-7-9-17(15-19)24-23-25(30)20-11-4-6-13-22(20)33-26(23)27(31)29(24)16-18-8-3-5-12-21(18)28/h3-13,15,24H,2,14,16H2,1H3/t24-/m0/s1. The predicted molar refractivity (Wildman–Crippen MR) is 128 cm³/mol. The number of hydrogen-bond acceptors (Lipinski definition) is 4.